The smallest absolute Gasteiger partial charge is 0.154 e. The molecule has 120 valence electrons. The van der Waals surface area contributed by atoms with Crippen LogP contribution in [0.15, 0.2) is 42.6 Å². The maximum atomic E-state index is 14.0. The molecule has 0 spiro atoms. The third kappa shape index (κ3) is 3.03. The van der Waals surface area contributed by atoms with Crippen LogP contribution in [0.5, 0.6) is 0 Å². The van der Waals surface area contributed by atoms with Crippen molar-refractivity contribution in [2.75, 3.05) is 11.9 Å². The summed E-state index contributed by atoms with van der Waals surface area (Å²) in [7, 11) is 0. The Hall–Kier alpha value is -2.47. The lowest BCUT2D eigenvalue weighted by molar-refractivity contribution is 0.249. The van der Waals surface area contributed by atoms with Crippen molar-refractivity contribution in [2.24, 2.45) is 5.92 Å². The van der Waals surface area contributed by atoms with Gasteiger partial charge in [0.15, 0.2) is 5.65 Å². The number of halogens is 1. The van der Waals surface area contributed by atoms with Gasteiger partial charge >= 0.3 is 0 Å². The number of hydrogen-bond acceptors (Lipinski definition) is 4. The van der Waals surface area contributed by atoms with Crippen LogP contribution in [0.4, 0.5) is 10.2 Å². The fraction of sp³-hybridized carbons (Fsp3) is 0.294. The number of fused-ring (bicyclic) bond motifs is 1. The number of aliphatic hydroxyl groups excluding tert-OH is 1. The van der Waals surface area contributed by atoms with E-state index in [1.807, 2.05) is 19.9 Å². The van der Waals surface area contributed by atoms with Crippen LogP contribution in [0.2, 0.25) is 0 Å². The maximum Gasteiger partial charge on any atom is 0.154 e. The molecular formula is C17H19FN4O. The number of imidazole rings is 1. The van der Waals surface area contributed by atoms with E-state index in [0.717, 1.165) is 0 Å². The van der Waals surface area contributed by atoms with Crippen LogP contribution in [-0.4, -0.2) is 32.4 Å². The molecule has 0 fully saturated rings. The fourth-order valence-corrected chi connectivity index (χ4v) is 2.42. The van der Waals surface area contributed by atoms with E-state index in [2.05, 4.69) is 15.4 Å². The van der Waals surface area contributed by atoms with E-state index in [1.165, 1.54) is 6.07 Å². The number of aliphatic hydroxyl groups is 1. The van der Waals surface area contributed by atoms with Gasteiger partial charge < -0.3 is 10.4 Å². The van der Waals surface area contributed by atoms with E-state index in [4.69, 9.17) is 0 Å². The van der Waals surface area contributed by atoms with Crippen LogP contribution < -0.4 is 5.32 Å². The first-order chi connectivity index (χ1) is 11.1. The molecule has 3 rings (SSSR count). The third-order valence-corrected chi connectivity index (χ3v) is 3.85. The largest absolute Gasteiger partial charge is 0.394 e. The van der Waals surface area contributed by atoms with E-state index < -0.39 is 0 Å². The van der Waals surface area contributed by atoms with Gasteiger partial charge in [0.1, 0.15) is 11.6 Å². The zero-order valence-electron chi connectivity index (χ0n) is 13.1. The Balaban J connectivity index is 2.02. The highest BCUT2D eigenvalue weighted by molar-refractivity contribution is 5.64. The van der Waals surface area contributed by atoms with Crippen molar-refractivity contribution in [2.45, 2.75) is 19.9 Å². The highest BCUT2D eigenvalue weighted by Gasteiger charge is 2.15. The maximum absolute atomic E-state index is 14.0. The number of anilines is 1. The second-order valence-corrected chi connectivity index (χ2v) is 5.79. The van der Waals surface area contributed by atoms with E-state index >= 15 is 0 Å². The van der Waals surface area contributed by atoms with Gasteiger partial charge in [0, 0.05) is 5.56 Å². The minimum Gasteiger partial charge on any atom is -0.394 e. The molecule has 1 aromatic carbocycles. The summed E-state index contributed by atoms with van der Waals surface area (Å²) < 4.78 is 15.6. The Morgan fingerprint density at radius 1 is 1.22 bits per heavy atom. The van der Waals surface area contributed by atoms with Crippen molar-refractivity contribution in [3.05, 3.63) is 48.4 Å². The highest BCUT2D eigenvalue weighted by Crippen LogP contribution is 2.23. The number of nitrogens with one attached hydrogen (secondary N) is 1. The molecule has 0 saturated heterocycles. The number of nitrogens with zero attached hydrogens (tertiary/aromatic N) is 3. The molecule has 0 saturated carbocycles. The van der Waals surface area contributed by atoms with Crippen LogP contribution in [0.3, 0.4) is 0 Å². The van der Waals surface area contributed by atoms with Crippen molar-refractivity contribution < 1.29 is 9.50 Å². The zero-order valence-corrected chi connectivity index (χ0v) is 13.1. The van der Waals surface area contributed by atoms with Crippen LogP contribution in [-0.2, 0) is 0 Å². The molecule has 0 radical (unpaired) electrons. The van der Waals surface area contributed by atoms with Crippen molar-refractivity contribution in [1.82, 2.24) is 14.6 Å². The molecular weight excluding hydrogens is 295 g/mol. The van der Waals surface area contributed by atoms with E-state index in [1.54, 1.807) is 35.0 Å². The van der Waals surface area contributed by atoms with E-state index in [9.17, 15) is 9.50 Å². The first kappa shape index (κ1) is 15.4. The zero-order chi connectivity index (χ0) is 16.4. The summed E-state index contributed by atoms with van der Waals surface area (Å²) in [5.74, 6) is 0.553. The molecule has 0 amide bonds. The minimum absolute atomic E-state index is 0.0154. The van der Waals surface area contributed by atoms with Gasteiger partial charge in [-0.15, -0.1) is 5.10 Å². The topological polar surface area (TPSA) is 62.5 Å². The molecule has 2 N–H and O–H groups in total. The lowest BCUT2D eigenvalue weighted by atomic mass is 10.1. The van der Waals surface area contributed by atoms with Crippen LogP contribution in [0.1, 0.15) is 13.8 Å². The monoisotopic (exact) mass is 314 g/mol. The van der Waals surface area contributed by atoms with Gasteiger partial charge in [-0.05, 0) is 30.2 Å². The van der Waals surface area contributed by atoms with E-state index in [0.29, 0.717) is 22.7 Å². The number of rotatable bonds is 5. The summed E-state index contributed by atoms with van der Waals surface area (Å²) >= 11 is 0. The van der Waals surface area contributed by atoms with Gasteiger partial charge in [0.25, 0.3) is 0 Å². The van der Waals surface area contributed by atoms with Crippen molar-refractivity contribution in [3.63, 3.8) is 0 Å². The van der Waals surface area contributed by atoms with Gasteiger partial charge in [-0.3, -0.25) is 0 Å². The number of aromatic nitrogens is 3. The summed E-state index contributed by atoms with van der Waals surface area (Å²) in [6.07, 6.45) is 1.61. The molecule has 0 aliphatic rings. The molecule has 2 aromatic heterocycles. The Morgan fingerprint density at radius 2 is 2.00 bits per heavy atom. The molecule has 0 unspecified atom stereocenters. The van der Waals surface area contributed by atoms with Gasteiger partial charge in [0.05, 0.1) is 24.5 Å². The second kappa shape index (κ2) is 6.34. The molecule has 0 bridgehead atoms. The summed E-state index contributed by atoms with van der Waals surface area (Å²) in [6.45, 7) is 4.06. The quantitative estimate of drug-likeness (QED) is 0.760. The Labute approximate surface area is 133 Å². The van der Waals surface area contributed by atoms with Crippen LogP contribution in [0, 0.1) is 11.7 Å². The van der Waals surface area contributed by atoms with Gasteiger partial charge in [-0.25, -0.2) is 13.9 Å². The predicted molar refractivity (Wildman–Crippen MR) is 87.7 cm³/mol. The van der Waals surface area contributed by atoms with E-state index in [-0.39, 0.29) is 24.4 Å². The lowest BCUT2D eigenvalue weighted by Gasteiger charge is -2.20. The molecule has 2 heterocycles. The summed E-state index contributed by atoms with van der Waals surface area (Å²) in [5.41, 5.74) is 1.68. The van der Waals surface area contributed by atoms with Crippen molar-refractivity contribution in [1.29, 1.82) is 0 Å². The summed E-state index contributed by atoms with van der Waals surface area (Å²) in [5, 5.41) is 17.1. The molecule has 3 aromatic rings. The Kier molecular flexibility index (Phi) is 4.25. The first-order valence-electron chi connectivity index (χ1n) is 7.57. The summed E-state index contributed by atoms with van der Waals surface area (Å²) in [6, 6.07) is 10.1. The lowest BCUT2D eigenvalue weighted by Crippen LogP contribution is -2.30. The van der Waals surface area contributed by atoms with Gasteiger partial charge in [-0.2, -0.15) is 0 Å². The SMILES string of the molecule is CC(C)[C@@H](CO)Nc1ccc2ncc(-c3ccccc3F)n2n1. The molecule has 0 aliphatic carbocycles. The van der Waals surface area contributed by atoms with Crippen molar-refractivity contribution >= 4 is 11.5 Å². The van der Waals surface area contributed by atoms with Gasteiger partial charge in [0.2, 0.25) is 0 Å². The Morgan fingerprint density at radius 3 is 2.70 bits per heavy atom. The fourth-order valence-electron chi connectivity index (χ4n) is 2.42. The summed E-state index contributed by atoms with van der Waals surface area (Å²) in [4.78, 5) is 4.27. The van der Waals surface area contributed by atoms with Gasteiger partial charge in [-0.1, -0.05) is 26.0 Å². The number of hydrogen-bond donors (Lipinski definition) is 2. The number of benzene rings is 1. The molecule has 23 heavy (non-hydrogen) atoms. The predicted octanol–water partition coefficient (Wildman–Crippen LogP) is 2.96. The Bertz CT molecular complexity index is 815. The first-order valence-corrected chi connectivity index (χ1v) is 7.57. The van der Waals surface area contributed by atoms with Crippen LogP contribution in [0.25, 0.3) is 16.9 Å². The third-order valence-electron chi connectivity index (χ3n) is 3.85. The second-order valence-electron chi connectivity index (χ2n) is 5.79. The van der Waals surface area contributed by atoms with Crippen LogP contribution >= 0.6 is 0 Å². The minimum atomic E-state index is -0.315. The average molecular weight is 314 g/mol. The molecule has 1 atom stereocenters. The molecule has 6 heteroatoms. The normalized spacial score (nSPS) is 12.7. The highest BCUT2D eigenvalue weighted by atomic mass is 19.1. The van der Waals surface area contributed by atoms with Crippen molar-refractivity contribution in [3.8, 4) is 11.3 Å². The molecule has 0 aliphatic heterocycles. The average Bonchev–Trinajstić information content (AvgIpc) is 2.95. The molecule has 5 nitrogen and oxygen atoms in total. The standard InChI is InChI=1S/C17H19FN4O/c1-11(2)14(10-23)20-16-7-8-17-19-9-15(22(17)21-16)12-5-3-4-6-13(12)18/h3-9,11,14,23H,10H2,1-2H3,(H,20,21)/t14-/m1/s1.